The van der Waals surface area contributed by atoms with Gasteiger partial charge in [-0.25, -0.2) is 5.43 Å². The van der Waals surface area contributed by atoms with Crippen molar-refractivity contribution in [1.82, 2.24) is 15.0 Å². The molecule has 31 heavy (non-hydrogen) atoms. The summed E-state index contributed by atoms with van der Waals surface area (Å²) in [4.78, 5) is 18.6. The van der Waals surface area contributed by atoms with Crippen molar-refractivity contribution in [2.75, 3.05) is 55.6 Å². The Morgan fingerprint density at radius 3 is 1.94 bits per heavy atom. The number of hydrogen-bond donors (Lipinski definition) is 1. The molecule has 2 fully saturated rings. The molecule has 166 valence electrons. The first-order valence-electron chi connectivity index (χ1n) is 11.0. The van der Waals surface area contributed by atoms with Crippen molar-refractivity contribution in [3.05, 3.63) is 23.8 Å². The van der Waals surface area contributed by atoms with Crippen LogP contribution in [0.3, 0.4) is 0 Å². The predicted octanol–water partition coefficient (Wildman–Crippen LogP) is 3.32. The van der Waals surface area contributed by atoms with Crippen LogP contribution in [0.5, 0.6) is 11.5 Å². The van der Waals surface area contributed by atoms with Crippen LogP contribution in [0.25, 0.3) is 0 Å². The molecule has 1 aromatic heterocycles. The summed E-state index contributed by atoms with van der Waals surface area (Å²) in [6.45, 7) is 3.94. The number of hydrogen-bond acceptors (Lipinski definition) is 9. The van der Waals surface area contributed by atoms with Gasteiger partial charge in [0.25, 0.3) is 0 Å². The Labute approximate surface area is 183 Å². The number of nitrogens with one attached hydrogen (secondary N) is 1. The minimum atomic E-state index is 0.466. The quantitative estimate of drug-likeness (QED) is 0.534. The van der Waals surface area contributed by atoms with Crippen molar-refractivity contribution in [2.24, 2.45) is 5.10 Å². The number of nitrogens with zero attached hydrogens (tertiary/aromatic N) is 6. The van der Waals surface area contributed by atoms with Crippen molar-refractivity contribution in [3.8, 4) is 11.5 Å². The van der Waals surface area contributed by atoms with E-state index in [1.165, 1.54) is 38.5 Å². The first-order valence-corrected chi connectivity index (χ1v) is 11.0. The molecule has 0 saturated carbocycles. The zero-order valence-electron chi connectivity index (χ0n) is 18.4. The number of hydrazone groups is 1. The average Bonchev–Trinajstić information content (AvgIpc) is 2.85. The van der Waals surface area contributed by atoms with Gasteiger partial charge in [-0.1, -0.05) is 0 Å². The number of methoxy groups -OCH3 is 2. The second kappa shape index (κ2) is 10.3. The van der Waals surface area contributed by atoms with E-state index in [0.717, 1.165) is 43.6 Å². The molecule has 0 radical (unpaired) electrons. The molecule has 0 amide bonds. The van der Waals surface area contributed by atoms with E-state index < -0.39 is 0 Å². The summed E-state index contributed by atoms with van der Waals surface area (Å²) >= 11 is 0. The molecule has 1 N–H and O–H groups in total. The van der Waals surface area contributed by atoms with E-state index in [4.69, 9.17) is 14.5 Å². The van der Waals surface area contributed by atoms with E-state index in [0.29, 0.717) is 17.4 Å². The third-order valence-corrected chi connectivity index (χ3v) is 5.68. The third-order valence-electron chi connectivity index (χ3n) is 5.68. The molecule has 4 rings (SSSR count). The fourth-order valence-electron chi connectivity index (χ4n) is 3.97. The Morgan fingerprint density at radius 2 is 1.39 bits per heavy atom. The van der Waals surface area contributed by atoms with E-state index >= 15 is 0 Å². The summed E-state index contributed by atoms with van der Waals surface area (Å²) < 4.78 is 10.6. The smallest absolute Gasteiger partial charge is 0.250 e. The lowest BCUT2D eigenvalue weighted by atomic mass is 10.1. The van der Waals surface area contributed by atoms with Gasteiger partial charge >= 0.3 is 0 Å². The molecule has 0 unspecified atom stereocenters. The average molecular weight is 426 g/mol. The van der Waals surface area contributed by atoms with Crippen LogP contribution in [0.15, 0.2) is 23.3 Å². The van der Waals surface area contributed by atoms with Crippen molar-refractivity contribution in [3.63, 3.8) is 0 Å². The highest BCUT2D eigenvalue weighted by Crippen LogP contribution is 2.27. The molecule has 1 aromatic carbocycles. The number of piperidine rings is 2. The van der Waals surface area contributed by atoms with Crippen LogP contribution >= 0.6 is 0 Å². The molecule has 9 nitrogen and oxygen atoms in total. The van der Waals surface area contributed by atoms with E-state index in [1.54, 1.807) is 20.4 Å². The summed E-state index contributed by atoms with van der Waals surface area (Å²) in [7, 11) is 3.24. The molecule has 3 heterocycles. The number of ether oxygens (including phenoxy) is 2. The van der Waals surface area contributed by atoms with Crippen LogP contribution < -0.4 is 24.7 Å². The van der Waals surface area contributed by atoms with E-state index in [2.05, 4.69) is 30.3 Å². The second-order valence-electron chi connectivity index (χ2n) is 7.84. The zero-order valence-corrected chi connectivity index (χ0v) is 18.4. The summed E-state index contributed by atoms with van der Waals surface area (Å²) in [6.07, 6.45) is 8.93. The van der Waals surface area contributed by atoms with E-state index in [1.807, 2.05) is 18.2 Å². The first-order chi connectivity index (χ1) is 15.3. The first kappa shape index (κ1) is 21.1. The number of benzene rings is 1. The molecular formula is C22H31N7O2. The SMILES string of the molecule is COc1ccc(/C=N/Nc2nc(N3CCCCC3)nc(N3CCCCC3)n2)cc1OC. The molecule has 0 atom stereocenters. The molecule has 0 aliphatic carbocycles. The summed E-state index contributed by atoms with van der Waals surface area (Å²) in [5, 5.41) is 4.35. The molecule has 2 aliphatic heterocycles. The molecule has 2 aliphatic rings. The van der Waals surface area contributed by atoms with Gasteiger partial charge < -0.3 is 19.3 Å². The van der Waals surface area contributed by atoms with Gasteiger partial charge in [-0.2, -0.15) is 20.1 Å². The van der Waals surface area contributed by atoms with Crippen LogP contribution in [0.1, 0.15) is 44.1 Å². The summed E-state index contributed by atoms with van der Waals surface area (Å²) in [6, 6.07) is 5.64. The normalized spacial score (nSPS) is 17.1. The maximum atomic E-state index is 5.36. The van der Waals surface area contributed by atoms with Gasteiger partial charge in [0.1, 0.15) is 0 Å². The second-order valence-corrected chi connectivity index (χ2v) is 7.84. The van der Waals surface area contributed by atoms with Crippen LogP contribution in [0.2, 0.25) is 0 Å². The molecule has 2 aromatic rings. The maximum Gasteiger partial charge on any atom is 0.250 e. The Bertz CT molecular complexity index is 857. The van der Waals surface area contributed by atoms with E-state index in [-0.39, 0.29) is 0 Å². The summed E-state index contributed by atoms with van der Waals surface area (Å²) in [5.41, 5.74) is 3.88. The van der Waals surface area contributed by atoms with Crippen LogP contribution in [0, 0.1) is 0 Å². The highest BCUT2D eigenvalue weighted by molar-refractivity contribution is 5.81. The van der Waals surface area contributed by atoms with Crippen LogP contribution in [-0.4, -0.2) is 61.6 Å². The lowest BCUT2D eigenvalue weighted by Gasteiger charge is -2.30. The Hall–Kier alpha value is -3.10. The van der Waals surface area contributed by atoms with Gasteiger partial charge in [-0.3, -0.25) is 0 Å². The number of rotatable bonds is 7. The van der Waals surface area contributed by atoms with Gasteiger partial charge in [-0.05, 0) is 62.3 Å². The number of anilines is 3. The summed E-state index contributed by atoms with van der Waals surface area (Å²) in [5.74, 6) is 3.28. The largest absolute Gasteiger partial charge is 0.493 e. The minimum absolute atomic E-state index is 0.466. The van der Waals surface area contributed by atoms with Crippen molar-refractivity contribution in [1.29, 1.82) is 0 Å². The molecule has 0 bridgehead atoms. The monoisotopic (exact) mass is 425 g/mol. The molecule has 2 saturated heterocycles. The fourth-order valence-corrected chi connectivity index (χ4v) is 3.97. The Kier molecular flexibility index (Phi) is 7.01. The lowest BCUT2D eigenvalue weighted by Crippen LogP contribution is -2.34. The van der Waals surface area contributed by atoms with Crippen molar-refractivity contribution < 1.29 is 9.47 Å². The zero-order chi connectivity index (χ0) is 21.5. The van der Waals surface area contributed by atoms with Gasteiger partial charge in [0, 0.05) is 26.2 Å². The lowest BCUT2D eigenvalue weighted by molar-refractivity contribution is 0.355. The van der Waals surface area contributed by atoms with Gasteiger partial charge in [0.15, 0.2) is 11.5 Å². The molecular weight excluding hydrogens is 394 g/mol. The Morgan fingerprint density at radius 1 is 0.806 bits per heavy atom. The highest BCUT2D eigenvalue weighted by Gasteiger charge is 2.20. The highest BCUT2D eigenvalue weighted by atomic mass is 16.5. The predicted molar refractivity (Wildman–Crippen MR) is 123 cm³/mol. The van der Waals surface area contributed by atoms with Gasteiger partial charge in [-0.15, -0.1) is 0 Å². The van der Waals surface area contributed by atoms with Gasteiger partial charge in [0.05, 0.1) is 20.4 Å². The van der Waals surface area contributed by atoms with Crippen molar-refractivity contribution >= 4 is 24.1 Å². The standard InChI is InChI=1S/C22H31N7O2/c1-30-18-10-9-17(15-19(18)31-2)16-23-27-20-24-21(28-11-5-3-6-12-28)26-22(25-20)29-13-7-4-8-14-29/h9-10,15-16H,3-8,11-14H2,1-2H3,(H,24,25,26,27)/b23-16+. The third kappa shape index (κ3) is 5.34. The fraction of sp³-hybridized carbons (Fsp3) is 0.545. The van der Waals surface area contributed by atoms with E-state index in [9.17, 15) is 0 Å². The maximum absolute atomic E-state index is 5.36. The minimum Gasteiger partial charge on any atom is -0.493 e. The molecule has 0 spiro atoms. The Balaban J connectivity index is 1.54. The number of aromatic nitrogens is 3. The van der Waals surface area contributed by atoms with Crippen molar-refractivity contribution in [2.45, 2.75) is 38.5 Å². The van der Waals surface area contributed by atoms with Gasteiger partial charge in [0.2, 0.25) is 17.8 Å². The van der Waals surface area contributed by atoms with Crippen LogP contribution in [0.4, 0.5) is 17.8 Å². The molecule has 9 heteroatoms. The van der Waals surface area contributed by atoms with Crippen LogP contribution in [-0.2, 0) is 0 Å². The topological polar surface area (TPSA) is 88.0 Å².